The molecule has 2 heterocycles. The van der Waals surface area contributed by atoms with Crippen LogP contribution in [0.3, 0.4) is 0 Å². The third-order valence-electron chi connectivity index (χ3n) is 4.48. The van der Waals surface area contributed by atoms with Crippen molar-refractivity contribution in [2.24, 2.45) is 0 Å². The van der Waals surface area contributed by atoms with Gasteiger partial charge in [0.15, 0.2) is 0 Å². The lowest BCUT2D eigenvalue weighted by molar-refractivity contribution is 0.102. The Bertz CT molecular complexity index is 1020. The fourth-order valence-electron chi connectivity index (χ4n) is 2.90. The van der Waals surface area contributed by atoms with Crippen molar-refractivity contribution in [3.8, 4) is 6.07 Å². The third-order valence-corrected chi connectivity index (χ3v) is 7.44. The van der Waals surface area contributed by atoms with Crippen LogP contribution in [0.2, 0.25) is 0 Å². The van der Waals surface area contributed by atoms with Gasteiger partial charge in [-0.3, -0.25) is 4.79 Å². The van der Waals surface area contributed by atoms with Crippen LogP contribution in [0, 0.1) is 11.3 Å². The molecule has 1 amide bonds. The number of carbonyl (C=O) groups is 1. The van der Waals surface area contributed by atoms with E-state index >= 15 is 0 Å². The molecular formula is C18H20N4O3S2. The summed E-state index contributed by atoms with van der Waals surface area (Å²) in [5.74, 6) is -0.368. The fourth-order valence-corrected chi connectivity index (χ4v) is 5.08. The number of amides is 1. The molecule has 9 heteroatoms. The van der Waals surface area contributed by atoms with Crippen LogP contribution in [0.15, 0.2) is 29.2 Å². The van der Waals surface area contributed by atoms with Crippen molar-refractivity contribution in [3.63, 3.8) is 0 Å². The van der Waals surface area contributed by atoms with E-state index in [4.69, 9.17) is 0 Å². The highest BCUT2D eigenvalue weighted by Gasteiger charge is 2.24. The molecule has 1 N–H and O–H groups in total. The first kappa shape index (κ1) is 19.5. The van der Waals surface area contributed by atoms with Gasteiger partial charge in [-0.15, -0.1) is 11.3 Å². The second kappa shape index (κ2) is 7.40. The van der Waals surface area contributed by atoms with E-state index < -0.39 is 10.0 Å². The van der Waals surface area contributed by atoms with Crippen molar-refractivity contribution < 1.29 is 13.2 Å². The van der Waals surface area contributed by atoms with Gasteiger partial charge in [0.05, 0.1) is 10.5 Å². The SMILES string of the molecule is CN1CCc2c(sc(NC(=O)c3ccc(S(=O)(=O)N(C)C)cc3)c2C#N)C1. The van der Waals surface area contributed by atoms with Crippen LogP contribution in [0.5, 0.6) is 0 Å². The highest BCUT2D eigenvalue weighted by atomic mass is 32.2. The predicted octanol–water partition coefficient (Wildman–Crippen LogP) is 2.11. The van der Waals surface area contributed by atoms with Crippen molar-refractivity contribution in [1.82, 2.24) is 9.21 Å². The van der Waals surface area contributed by atoms with Gasteiger partial charge in [-0.25, -0.2) is 12.7 Å². The predicted molar refractivity (Wildman–Crippen MR) is 104 cm³/mol. The minimum absolute atomic E-state index is 0.122. The van der Waals surface area contributed by atoms with Gasteiger partial charge >= 0.3 is 0 Å². The number of nitrogens with zero attached hydrogens (tertiary/aromatic N) is 3. The first-order valence-corrected chi connectivity index (χ1v) is 10.6. The van der Waals surface area contributed by atoms with Gasteiger partial charge in [0.1, 0.15) is 11.1 Å². The largest absolute Gasteiger partial charge is 0.312 e. The number of benzene rings is 1. The molecule has 0 saturated heterocycles. The van der Waals surface area contributed by atoms with Gasteiger partial charge in [-0.2, -0.15) is 5.26 Å². The van der Waals surface area contributed by atoms with Gasteiger partial charge in [0.2, 0.25) is 10.0 Å². The van der Waals surface area contributed by atoms with Gasteiger partial charge in [-0.05, 0) is 43.3 Å². The summed E-state index contributed by atoms with van der Waals surface area (Å²) in [5.41, 5.74) is 1.88. The molecular weight excluding hydrogens is 384 g/mol. The number of nitrogens with one attached hydrogen (secondary N) is 1. The maximum atomic E-state index is 12.6. The topological polar surface area (TPSA) is 93.5 Å². The van der Waals surface area contributed by atoms with Crippen molar-refractivity contribution in [3.05, 3.63) is 45.8 Å². The van der Waals surface area contributed by atoms with Crippen LogP contribution in [-0.4, -0.2) is 51.2 Å². The van der Waals surface area contributed by atoms with Crippen molar-refractivity contribution in [2.75, 3.05) is 33.0 Å². The van der Waals surface area contributed by atoms with E-state index in [1.165, 1.54) is 49.7 Å². The summed E-state index contributed by atoms with van der Waals surface area (Å²) in [6.07, 6.45) is 0.790. The third kappa shape index (κ3) is 3.75. The van der Waals surface area contributed by atoms with Crippen molar-refractivity contribution in [2.45, 2.75) is 17.9 Å². The highest BCUT2D eigenvalue weighted by molar-refractivity contribution is 7.89. The quantitative estimate of drug-likeness (QED) is 0.842. The number of rotatable bonds is 4. The molecule has 1 aromatic heterocycles. The maximum absolute atomic E-state index is 12.6. The zero-order valence-corrected chi connectivity index (χ0v) is 16.9. The molecule has 1 aliphatic heterocycles. The number of thiophene rings is 1. The summed E-state index contributed by atoms with van der Waals surface area (Å²) in [4.78, 5) is 16.0. The number of hydrogen-bond acceptors (Lipinski definition) is 6. The molecule has 0 radical (unpaired) electrons. The highest BCUT2D eigenvalue weighted by Crippen LogP contribution is 2.36. The van der Waals surface area contributed by atoms with E-state index in [2.05, 4.69) is 16.3 Å². The molecule has 1 aliphatic rings. The van der Waals surface area contributed by atoms with Crippen LogP contribution >= 0.6 is 11.3 Å². The summed E-state index contributed by atoms with van der Waals surface area (Å²) in [6.45, 7) is 1.65. The monoisotopic (exact) mass is 404 g/mol. The Labute approximate surface area is 162 Å². The summed E-state index contributed by atoms with van der Waals surface area (Å²) in [7, 11) is 1.39. The molecule has 27 heavy (non-hydrogen) atoms. The average Bonchev–Trinajstić information content (AvgIpc) is 2.97. The Kier molecular flexibility index (Phi) is 5.35. The van der Waals surface area contributed by atoms with Crippen molar-refractivity contribution in [1.29, 1.82) is 5.26 Å². The van der Waals surface area contributed by atoms with E-state index in [1.54, 1.807) is 0 Å². The molecule has 0 atom stereocenters. The Morgan fingerprint density at radius 1 is 1.30 bits per heavy atom. The van der Waals surface area contributed by atoms with Crippen LogP contribution in [0.1, 0.15) is 26.4 Å². The number of hydrogen-bond donors (Lipinski definition) is 1. The van der Waals surface area contributed by atoms with E-state index in [0.29, 0.717) is 16.1 Å². The molecule has 0 unspecified atom stereocenters. The first-order chi connectivity index (χ1) is 12.7. The molecule has 0 bridgehead atoms. The normalized spacial score (nSPS) is 14.6. The van der Waals surface area contributed by atoms with Crippen LogP contribution < -0.4 is 5.32 Å². The number of fused-ring (bicyclic) bond motifs is 1. The minimum Gasteiger partial charge on any atom is -0.312 e. The lowest BCUT2D eigenvalue weighted by Gasteiger charge is -2.21. The summed E-state index contributed by atoms with van der Waals surface area (Å²) in [5, 5.41) is 12.9. The Balaban J connectivity index is 1.83. The molecule has 1 aromatic carbocycles. The molecule has 142 valence electrons. The number of sulfonamides is 1. The molecule has 2 aromatic rings. The summed E-state index contributed by atoms with van der Waals surface area (Å²) >= 11 is 1.43. The molecule has 3 rings (SSSR count). The zero-order valence-electron chi connectivity index (χ0n) is 15.3. The first-order valence-electron chi connectivity index (χ1n) is 8.31. The Hall–Kier alpha value is -2.25. The summed E-state index contributed by atoms with van der Waals surface area (Å²) in [6, 6.07) is 7.96. The lowest BCUT2D eigenvalue weighted by Crippen LogP contribution is -2.25. The number of nitriles is 1. The lowest BCUT2D eigenvalue weighted by atomic mass is 10.0. The zero-order chi connectivity index (χ0) is 19.8. The smallest absolute Gasteiger partial charge is 0.256 e. The second-order valence-corrected chi connectivity index (χ2v) is 9.83. The van der Waals surface area contributed by atoms with Gasteiger partial charge < -0.3 is 10.2 Å². The number of anilines is 1. The number of likely N-dealkylation sites (N-methyl/N-ethyl adjacent to an activating group) is 1. The van der Waals surface area contributed by atoms with Gasteiger partial charge in [0, 0.05) is 37.6 Å². The van der Waals surface area contributed by atoms with Crippen LogP contribution in [-0.2, 0) is 23.0 Å². The second-order valence-electron chi connectivity index (χ2n) is 6.57. The van der Waals surface area contributed by atoms with Crippen LogP contribution in [0.4, 0.5) is 5.00 Å². The number of carbonyl (C=O) groups excluding carboxylic acids is 1. The van der Waals surface area contributed by atoms with Gasteiger partial charge in [-0.1, -0.05) is 0 Å². The summed E-state index contributed by atoms with van der Waals surface area (Å²) < 4.78 is 25.3. The average molecular weight is 405 g/mol. The van der Waals surface area contributed by atoms with E-state index in [1.807, 2.05) is 7.05 Å². The molecule has 0 fully saturated rings. The minimum atomic E-state index is -3.54. The van der Waals surface area contributed by atoms with Crippen molar-refractivity contribution >= 4 is 32.3 Å². The standard InChI is InChI=1S/C18H20N4O3S2/c1-21(2)27(24,25)13-6-4-12(5-7-13)17(23)20-18-15(10-19)14-8-9-22(3)11-16(14)26-18/h4-7H,8-9,11H2,1-3H3,(H,20,23). The molecule has 0 spiro atoms. The molecule has 0 aliphatic carbocycles. The van der Waals surface area contributed by atoms with Gasteiger partial charge in [0.25, 0.3) is 5.91 Å². The van der Waals surface area contributed by atoms with E-state index in [9.17, 15) is 18.5 Å². The molecule has 0 saturated carbocycles. The Morgan fingerprint density at radius 2 is 1.96 bits per heavy atom. The van der Waals surface area contributed by atoms with Crippen LogP contribution in [0.25, 0.3) is 0 Å². The van der Waals surface area contributed by atoms with E-state index in [-0.39, 0.29) is 10.8 Å². The van der Waals surface area contributed by atoms with E-state index in [0.717, 1.165) is 34.3 Å². The maximum Gasteiger partial charge on any atom is 0.256 e. The fraction of sp³-hybridized carbons (Fsp3) is 0.333. The molecule has 7 nitrogen and oxygen atoms in total. The Morgan fingerprint density at radius 3 is 2.56 bits per heavy atom.